The number of anilines is 2. The van der Waals surface area contributed by atoms with Gasteiger partial charge < -0.3 is 16.8 Å². The second-order valence-corrected chi connectivity index (χ2v) is 4.70. The van der Waals surface area contributed by atoms with E-state index in [4.69, 9.17) is 11.5 Å². The van der Waals surface area contributed by atoms with Crippen molar-refractivity contribution < 1.29 is 9.59 Å². The van der Waals surface area contributed by atoms with Crippen LogP contribution in [-0.4, -0.2) is 18.7 Å². The van der Waals surface area contributed by atoms with E-state index >= 15 is 0 Å². The van der Waals surface area contributed by atoms with Crippen LogP contribution in [-0.2, 0) is 0 Å². The Morgan fingerprint density at radius 1 is 1.38 bits per heavy atom. The van der Waals surface area contributed by atoms with Crippen molar-refractivity contribution in [1.82, 2.24) is 0 Å². The zero-order valence-electron chi connectivity index (χ0n) is 9.46. The van der Waals surface area contributed by atoms with Crippen molar-refractivity contribution in [1.29, 1.82) is 0 Å². The van der Waals surface area contributed by atoms with Gasteiger partial charge in [-0.15, -0.1) is 11.3 Å². The molecule has 0 bridgehead atoms. The lowest BCUT2D eigenvalue weighted by Crippen LogP contribution is -2.15. The molecule has 0 radical (unpaired) electrons. The first-order valence-electron chi connectivity index (χ1n) is 4.84. The highest BCUT2D eigenvalue weighted by atomic mass is 32.1. The van der Waals surface area contributed by atoms with E-state index in [9.17, 15) is 9.59 Å². The molecule has 0 saturated carbocycles. The van der Waals surface area contributed by atoms with Crippen molar-refractivity contribution in [3.8, 4) is 0 Å². The number of carbonyl (C=O) groups excluding carboxylic acids is 2. The number of thiophene rings is 1. The number of nitrogen functional groups attached to an aromatic ring is 1. The van der Waals surface area contributed by atoms with Crippen LogP contribution in [0.15, 0.2) is 0 Å². The molecular formula is C10H15N3O2S. The van der Waals surface area contributed by atoms with E-state index < -0.39 is 5.91 Å². The predicted molar refractivity (Wildman–Crippen MR) is 66.0 cm³/mol. The molecule has 1 aromatic heterocycles. The normalized spacial score (nSPS) is 10.5. The van der Waals surface area contributed by atoms with Crippen LogP contribution in [0.5, 0.6) is 0 Å². The number of primary amides is 1. The average Bonchev–Trinajstić information content (AvgIpc) is 2.53. The summed E-state index contributed by atoms with van der Waals surface area (Å²) in [7, 11) is 1.65. The molecule has 0 unspecified atom stereocenters. The maximum Gasteiger partial charge on any atom is 0.253 e. The van der Waals surface area contributed by atoms with Crippen LogP contribution in [0.4, 0.5) is 10.7 Å². The molecule has 1 heterocycles. The molecular weight excluding hydrogens is 226 g/mol. The van der Waals surface area contributed by atoms with Crippen molar-refractivity contribution in [3.63, 3.8) is 0 Å². The molecule has 5 N–H and O–H groups in total. The molecule has 1 rings (SSSR count). The van der Waals surface area contributed by atoms with E-state index in [-0.39, 0.29) is 23.0 Å². The number of nitrogens with two attached hydrogens (primary N) is 2. The average molecular weight is 241 g/mol. The fourth-order valence-corrected chi connectivity index (χ4v) is 2.48. The highest BCUT2D eigenvalue weighted by Gasteiger charge is 2.24. The molecule has 0 aliphatic rings. The summed E-state index contributed by atoms with van der Waals surface area (Å²) in [5, 5.41) is 3.35. The molecule has 0 aliphatic heterocycles. The molecule has 0 saturated heterocycles. The summed E-state index contributed by atoms with van der Waals surface area (Å²) in [4.78, 5) is 23.4. The number of rotatable bonds is 4. The molecule has 0 fully saturated rings. The van der Waals surface area contributed by atoms with Gasteiger partial charge in [-0.1, -0.05) is 13.8 Å². The van der Waals surface area contributed by atoms with Crippen molar-refractivity contribution in [2.75, 3.05) is 18.1 Å². The Bertz CT molecular complexity index is 438. The van der Waals surface area contributed by atoms with Crippen molar-refractivity contribution in [3.05, 3.63) is 10.4 Å². The van der Waals surface area contributed by atoms with Gasteiger partial charge in [0.2, 0.25) is 0 Å². The van der Waals surface area contributed by atoms with Gasteiger partial charge in [0.15, 0.2) is 5.78 Å². The Hall–Kier alpha value is -1.56. The molecule has 6 heteroatoms. The van der Waals surface area contributed by atoms with Gasteiger partial charge in [-0.3, -0.25) is 9.59 Å². The van der Waals surface area contributed by atoms with Crippen LogP contribution < -0.4 is 16.8 Å². The number of carbonyl (C=O) groups is 2. The molecule has 1 aromatic rings. The third-order valence-corrected chi connectivity index (χ3v) is 3.40. The van der Waals surface area contributed by atoms with Crippen LogP contribution in [0.1, 0.15) is 33.9 Å². The summed E-state index contributed by atoms with van der Waals surface area (Å²) in [5.41, 5.74) is 11.4. The molecule has 88 valence electrons. The van der Waals surface area contributed by atoms with Crippen LogP contribution in [0.2, 0.25) is 0 Å². The summed E-state index contributed by atoms with van der Waals surface area (Å²) in [5.74, 6) is -0.862. The lowest BCUT2D eigenvalue weighted by atomic mass is 10.1. The Kier molecular flexibility index (Phi) is 3.54. The first kappa shape index (κ1) is 12.5. The lowest BCUT2D eigenvalue weighted by Gasteiger charge is -2.02. The largest absolute Gasteiger partial charge is 0.397 e. The highest BCUT2D eigenvalue weighted by molar-refractivity contribution is 7.19. The van der Waals surface area contributed by atoms with Gasteiger partial charge in [0.05, 0.1) is 16.1 Å². The fourth-order valence-electron chi connectivity index (χ4n) is 1.31. The summed E-state index contributed by atoms with van der Waals surface area (Å²) >= 11 is 1.16. The maximum absolute atomic E-state index is 11.8. The number of hydrogen-bond donors (Lipinski definition) is 3. The minimum atomic E-state index is -0.624. The van der Waals surface area contributed by atoms with Gasteiger partial charge in [0.25, 0.3) is 5.91 Å². The van der Waals surface area contributed by atoms with E-state index in [2.05, 4.69) is 5.32 Å². The van der Waals surface area contributed by atoms with Crippen LogP contribution in [0, 0.1) is 5.92 Å². The van der Waals surface area contributed by atoms with Gasteiger partial charge in [-0.25, -0.2) is 0 Å². The number of ketones is 1. The van der Waals surface area contributed by atoms with Gasteiger partial charge in [0.1, 0.15) is 5.00 Å². The van der Waals surface area contributed by atoms with Gasteiger partial charge in [0, 0.05) is 13.0 Å². The molecule has 5 nitrogen and oxygen atoms in total. The Balaban J connectivity index is 3.34. The third kappa shape index (κ3) is 2.01. The molecule has 16 heavy (non-hydrogen) atoms. The molecule has 0 atom stereocenters. The second kappa shape index (κ2) is 4.52. The summed E-state index contributed by atoms with van der Waals surface area (Å²) in [6.45, 7) is 3.56. The van der Waals surface area contributed by atoms with Gasteiger partial charge in [-0.2, -0.15) is 0 Å². The van der Waals surface area contributed by atoms with E-state index in [1.54, 1.807) is 20.9 Å². The van der Waals surface area contributed by atoms with Crippen LogP contribution >= 0.6 is 11.3 Å². The Labute approximate surface area is 97.8 Å². The zero-order valence-corrected chi connectivity index (χ0v) is 10.3. The standard InChI is InChI=1S/C10H15N3O2S/c1-4(2)7(14)8-6(11)5(9(12)15)10(13-3)16-8/h4,13H,11H2,1-3H3,(H2,12,15). The lowest BCUT2D eigenvalue weighted by molar-refractivity contribution is 0.0944. The van der Waals surface area contributed by atoms with Crippen molar-refractivity contribution >= 4 is 33.7 Å². The van der Waals surface area contributed by atoms with E-state index in [1.165, 1.54) is 0 Å². The van der Waals surface area contributed by atoms with Crippen molar-refractivity contribution in [2.45, 2.75) is 13.8 Å². The van der Waals surface area contributed by atoms with Crippen LogP contribution in [0.3, 0.4) is 0 Å². The van der Waals surface area contributed by atoms with E-state index in [0.717, 1.165) is 11.3 Å². The number of amides is 1. The topological polar surface area (TPSA) is 98.2 Å². The minimum Gasteiger partial charge on any atom is -0.397 e. The van der Waals surface area contributed by atoms with Crippen LogP contribution in [0.25, 0.3) is 0 Å². The first-order chi connectivity index (χ1) is 7.40. The van der Waals surface area contributed by atoms with Crippen molar-refractivity contribution in [2.24, 2.45) is 11.7 Å². The van der Waals surface area contributed by atoms with E-state index in [0.29, 0.717) is 9.88 Å². The fraction of sp³-hybridized carbons (Fsp3) is 0.400. The first-order valence-corrected chi connectivity index (χ1v) is 5.65. The summed E-state index contributed by atoms with van der Waals surface area (Å²) < 4.78 is 0. The maximum atomic E-state index is 11.8. The highest BCUT2D eigenvalue weighted by Crippen LogP contribution is 2.36. The molecule has 0 aliphatic carbocycles. The van der Waals surface area contributed by atoms with Gasteiger partial charge >= 0.3 is 0 Å². The zero-order chi connectivity index (χ0) is 12.5. The second-order valence-electron chi connectivity index (χ2n) is 3.68. The third-order valence-electron chi connectivity index (χ3n) is 2.17. The predicted octanol–water partition coefficient (Wildman–Crippen LogP) is 1.31. The van der Waals surface area contributed by atoms with E-state index in [1.807, 2.05) is 0 Å². The molecule has 0 spiro atoms. The number of Topliss-reactive ketones (excluding diaryl/α,β-unsaturated/α-hetero) is 1. The summed E-state index contributed by atoms with van der Waals surface area (Å²) in [6, 6.07) is 0. The SMILES string of the molecule is CNc1sc(C(=O)C(C)C)c(N)c1C(N)=O. The molecule has 0 aromatic carbocycles. The van der Waals surface area contributed by atoms with Gasteiger partial charge in [-0.05, 0) is 0 Å². The summed E-state index contributed by atoms with van der Waals surface area (Å²) in [6.07, 6.45) is 0. The quantitative estimate of drug-likeness (QED) is 0.692. The smallest absolute Gasteiger partial charge is 0.253 e. The Morgan fingerprint density at radius 3 is 2.25 bits per heavy atom. The number of nitrogens with one attached hydrogen (secondary N) is 1. The monoisotopic (exact) mass is 241 g/mol. The Morgan fingerprint density at radius 2 is 1.94 bits per heavy atom. The number of hydrogen-bond acceptors (Lipinski definition) is 5. The molecule has 1 amide bonds. The minimum absolute atomic E-state index is 0.0773.